The molecule has 0 unspecified atom stereocenters. The first kappa shape index (κ1) is 18.8. The highest BCUT2D eigenvalue weighted by Crippen LogP contribution is 2.19. The molecule has 0 saturated carbocycles. The molecule has 126 valence electrons. The van der Waals surface area contributed by atoms with Gasteiger partial charge in [-0.3, -0.25) is 0 Å². The highest BCUT2D eigenvalue weighted by molar-refractivity contribution is 7.88. The number of nitrogens with one attached hydrogen (secondary N) is 1. The van der Waals surface area contributed by atoms with Gasteiger partial charge >= 0.3 is 6.61 Å². The standard InChI is InChI=1S/C14H22F2N2O3S/c1-3-18(22(2,19)20)10-6-9-17-11-12-7-4-5-8-13(12)21-14(15)16/h4-5,7-8,14,17H,3,6,9-11H2,1-2H3. The van der Waals surface area contributed by atoms with Crippen LogP contribution in [0.4, 0.5) is 8.78 Å². The summed E-state index contributed by atoms with van der Waals surface area (Å²) in [4.78, 5) is 0. The molecule has 8 heteroatoms. The van der Waals surface area contributed by atoms with Crippen LogP contribution in [-0.2, 0) is 16.6 Å². The van der Waals surface area contributed by atoms with Crippen molar-refractivity contribution in [3.05, 3.63) is 29.8 Å². The summed E-state index contributed by atoms with van der Waals surface area (Å²) < 4.78 is 53.2. The summed E-state index contributed by atoms with van der Waals surface area (Å²) in [5.74, 6) is 0.149. The van der Waals surface area contributed by atoms with Gasteiger partial charge in [0.25, 0.3) is 0 Å². The van der Waals surface area contributed by atoms with Crippen molar-refractivity contribution in [2.24, 2.45) is 0 Å². The maximum atomic E-state index is 12.3. The Morgan fingerprint density at radius 3 is 2.59 bits per heavy atom. The van der Waals surface area contributed by atoms with E-state index < -0.39 is 16.6 Å². The van der Waals surface area contributed by atoms with Gasteiger partial charge in [-0.2, -0.15) is 8.78 Å². The quantitative estimate of drug-likeness (QED) is 0.665. The molecule has 1 N–H and O–H groups in total. The Morgan fingerprint density at radius 2 is 2.00 bits per heavy atom. The van der Waals surface area contributed by atoms with E-state index in [1.54, 1.807) is 25.1 Å². The zero-order valence-corrected chi connectivity index (χ0v) is 13.6. The van der Waals surface area contributed by atoms with Crippen LogP contribution in [0.2, 0.25) is 0 Å². The normalized spacial score (nSPS) is 12.1. The molecule has 0 aliphatic rings. The van der Waals surface area contributed by atoms with E-state index in [1.807, 2.05) is 0 Å². The molecule has 0 aromatic heterocycles. The van der Waals surface area contributed by atoms with Crippen molar-refractivity contribution in [3.8, 4) is 5.75 Å². The van der Waals surface area contributed by atoms with Crippen molar-refractivity contribution in [2.45, 2.75) is 26.5 Å². The first-order valence-electron chi connectivity index (χ1n) is 7.03. The van der Waals surface area contributed by atoms with Crippen LogP contribution in [0.1, 0.15) is 18.9 Å². The minimum absolute atomic E-state index is 0.149. The summed E-state index contributed by atoms with van der Waals surface area (Å²) in [6.07, 6.45) is 1.82. The lowest BCUT2D eigenvalue weighted by atomic mass is 10.2. The third-order valence-electron chi connectivity index (χ3n) is 3.09. The first-order valence-corrected chi connectivity index (χ1v) is 8.88. The fourth-order valence-electron chi connectivity index (χ4n) is 2.02. The predicted octanol–water partition coefficient (Wildman–Crippen LogP) is 2.05. The largest absolute Gasteiger partial charge is 0.434 e. The lowest BCUT2D eigenvalue weighted by Crippen LogP contribution is -2.32. The first-order chi connectivity index (χ1) is 10.3. The van der Waals surface area contributed by atoms with Crippen molar-refractivity contribution >= 4 is 10.0 Å². The van der Waals surface area contributed by atoms with Crippen LogP contribution in [0.5, 0.6) is 5.75 Å². The zero-order valence-electron chi connectivity index (χ0n) is 12.8. The Bertz CT molecular complexity index is 553. The van der Waals surface area contributed by atoms with E-state index in [9.17, 15) is 17.2 Å². The van der Waals surface area contributed by atoms with Gasteiger partial charge in [0.1, 0.15) is 5.75 Å². The van der Waals surface area contributed by atoms with E-state index in [4.69, 9.17) is 0 Å². The van der Waals surface area contributed by atoms with Gasteiger partial charge in [-0.1, -0.05) is 25.1 Å². The molecule has 0 atom stereocenters. The Kier molecular flexibility index (Phi) is 7.70. The molecular formula is C14H22F2N2O3S. The van der Waals surface area contributed by atoms with Crippen molar-refractivity contribution in [3.63, 3.8) is 0 Å². The minimum Gasteiger partial charge on any atom is -0.434 e. The van der Waals surface area contributed by atoms with Crippen LogP contribution >= 0.6 is 0 Å². The second-order valence-corrected chi connectivity index (χ2v) is 6.75. The van der Waals surface area contributed by atoms with Gasteiger partial charge in [0.2, 0.25) is 10.0 Å². The van der Waals surface area contributed by atoms with Gasteiger partial charge in [0.15, 0.2) is 0 Å². The Morgan fingerprint density at radius 1 is 1.32 bits per heavy atom. The van der Waals surface area contributed by atoms with E-state index in [0.717, 1.165) is 0 Å². The van der Waals surface area contributed by atoms with Crippen LogP contribution in [0, 0.1) is 0 Å². The highest BCUT2D eigenvalue weighted by atomic mass is 32.2. The molecule has 1 aromatic rings. The van der Waals surface area contributed by atoms with Gasteiger partial charge in [-0.25, -0.2) is 12.7 Å². The number of halogens is 2. The monoisotopic (exact) mass is 336 g/mol. The lowest BCUT2D eigenvalue weighted by molar-refractivity contribution is -0.0504. The molecule has 0 spiro atoms. The minimum atomic E-state index is -3.17. The van der Waals surface area contributed by atoms with Crippen molar-refractivity contribution < 1.29 is 21.9 Å². The molecule has 5 nitrogen and oxygen atoms in total. The number of alkyl halides is 2. The topological polar surface area (TPSA) is 58.6 Å². The summed E-state index contributed by atoms with van der Waals surface area (Å²) in [5, 5.41) is 3.10. The smallest absolute Gasteiger partial charge is 0.387 e. The summed E-state index contributed by atoms with van der Waals surface area (Å²) >= 11 is 0. The van der Waals surface area contributed by atoms with Crippen molar-refractivity contribution in [1.82, 2.24) is 9.62 Å². The van der Waals surface area contributed by atoms with Crippen LogP contribution in [0.3, 0.4) is 0 Å². The van der Waals surface area contributed by atoms with Crippen LogP contribution < -0.4 is 10.1 Å². The van der Waals surface area contributed by atoms with E-state index >= 15 is 0 Å². The average molecular weight is 336 g/mol. The molecule has 22 heavy (non-hydrogen) atoms. The molecule has 0 amide bonds. The van der Waals surface area contributed by atoms with Gasteiger partial charge in [0, 0.05) is 25.2 Å². The predicted molar refractivity (Wildman–Crippen MR) is 81.5 cm³/mol. The lowest BCUT2D eigenvalue weighted by Gasteiger charge is -2.17. The SMILES string of the molecule is CCN(CCCNCc1ccccc1OC(F)F)S(C)(=O)=O. The maximum absolute atomic E-state index is 12.3. The molecule has 0 aliphatic carbocycles. The summed E-state index contributed by atoms with van der Waals surface area (Å²) in [7, 11) is -3.17. The molecule has 0 heterocycles. The molecule has 0 radical (unpaired) electrons. The molecule has 0 saturated heterocycles. The number of sulfonamides is 1. The fourth-order valence-corrected chi connectivity index (χ4v) is 2.95. The summed E-state index contributed by atoms with van der Waals surface area (Å²) in [6.45, 7) is 0.755. The number of hydrogen-bond donors (Lipinski definition) is 1. The van der Waals surface area contributed by atoms with Crippen LogP contribution in [0.15, 0.2) is 24.3 Å². The molecule has 0 aliphatic heterocycles. The van der Waals surface area contributed by atoms with Gasteiger partial charge in [-0.15, -0.1) is 0 Å². The van der Waals surface area contributed by atoms with Crippen molar-refractivity contribution in [1.29, 1.82) is 0 Å². The van der Waals surface area contributed by atoms with Crippen LogP contribution in [-0.4, -0.2) is 45.2 Å². The average Bonchev–Trinajstić information content (AvgIpc) is 2.42. The van der Waals surface area contributed by atoms with E-state index in [2.05, 4.69) is 10.1 Å². The number of nitrogens with zero attached hydrogens (tertiary/aromatic N) is 1. The van der Waals surface area contributed by atoms with Gasteiger partial charge in [0.05, 0.1) is 6.26 Å². The molecule has 1 rings (SSSR count). The number of ether oxygens (including phenoxy) is 1. The Balaban J connectivity index is 2.39. The second kappa shape index (κ2) is 9.02. The molecule has 0 bridgehead atoms. The fraction of sp³-hybridized carbons (Fsp3) is 0.571. The highest BCUT2D eigenvalue weighted by Gasteiger charge is 2.13. The van der Waals surface area contributed by atoms with Gasteiger partial charge in [-0.05, 0) is 19.0 Å². The van der Waals surface area contributed by atoms with Gasteiger partial charge < -0.3 is 10.1 Å². The molecule has 0 fully saturated rings. The van der Waals surface area contributed by atoms with E-state index in [0.29, 0.717) is 38.2 Å². The third-order valence-corrected chi connectivity index (χ3v) is 4.47. The Hall–Kier alpha value is -1.25. The number of hydrogen-bond acceptors (Lipinski definition) is 4. The summed E-state index contributed by atoms with van der Waals surface area (Å²) in [6, 6.07) is 6.58. The summed E-state index contributed by atoms with van der Waals surface area (Å²) in [5.41, 5.74) is 0.637. The number of benzene rings is 1. The molecular weight excluding hydrogens is 314 g/mol. The third kappa shape index (κ3) is 6.67. The zero-order chi connectivity index (χ0) is 16.6. The Labute approximate surface area is 130 Å². The van der Waals surface area contributed by atoms with Crippen LogP contribution in [0.25, 0.3) is 0 Å². The number of para-hydroxylation sites is 1. The van der Waals surface area contributed by atoms with E-state index in [1.165, 1.54) is 16.6 Å². The maximum Gasteiger partial charge on any atom is 0.387 e. The molecule has 1 aromatic carbocycles. The van der Waals surface area contributed by atoms with E-state index in [-0.39, 0.29) is 5.75 Å². The number of rotatable bonds is 10. The van der Waals surface area contributed by atoms with Crippen molar-refractivity contribution in [2.75, 3.05) is 25.9 Å². The second-order valence-electron chi connectivity index (χ2n) is 4.77.